The molecule has 0 aliphatic heterocycles. The molecule has 0 aromatic heterocycles. The van der Waals surface area contributed by atoms with Crippen LogP contribution in [-0.2, 0) is 0 Å². The summed E-state index contributed by atoms with van der Waals surface area (Å²) in [5.41, 5.74) is -1.13. The van der Waals surface area contributed by atoms with Gasteiger partial charge < -0.3 is 15.3 Å². The maximum Gasteiger partial charge on any atom is 0.0695 e. The molecular formula is C20H30O3. The molecule has 5 aliphatic carbocycles. The van der Waals surface area contributed by atoms with Gasteiger partial charge in [-0.15, -0.1) is 0 Å². The van der Waals surface area contributed by atoms with E-state index in [0.717, 1.165) is 38.5 Å². The van der Waals surface area contributed by atoms with Gasteiger partial charge in [0.1, 0.15) is 0 Å². The molecule has 128 valence electrons. The van der Waals surface area contributed by atoms with Crippen LogP contribution < -0.4 is 0 Å². The molecule has 0 aromatic rings. The molecule has 5 aliphatic rings. The SMILES string of the molecule is C[C@]12C[C@@H]3C=C[C@H]1[C@@H](O)[C@]1(CO)[C@@H](CC14CCCC4)[C@@](O)(C3)C2. The van der Waals surface area contributed by atoms with Crippen molar-refractivity contribution in [2.24, 2.45) is 34.0 Å². The first-order chi connectivity index (χ1) is 10.9. The summed E-state index contributed by atoms with van der Waals surface area (Å²) in [6.07, 6.45) is 12.3. The Balaban J connectivity index is 1.71. The molecule has 4 fully saturated rings. The van der Waals surface area contributed by atoms with Gasteiger partial charge in [-0.2, -0.15) is 0 Å². The first-order valence-electron chi connectivity index (χ1n) is 9.59. The van der Waals surface area contributed by atoms with Gasteiger partial charge in [0, 0.05) is 11.3 Å². The van der Waals surface area contributed by atoms with Crippen LogP contribution in [0.2, 0.25) is 0 Å². The Kier molecular flexibility index (Phi) is 2.74. The van der Waals surface area contributed by atoms with Crippen LogP contribution in [0.25, 0.3) is 0 Å². The van der Waals surface area contributed by atoms with E-state index in [1.54, 1.807) is 0 Å². The van der Waals surface area contributed by atoms with E-state index < -0.39 is 17.1 Å². The molecule has 7 atom stereocenters. The third kappa shape index (κ3) is 1.49. The lowest BCUT2D eigenvalue weighted by Crippen LogP contribution is -2.70. The van der Waals surface area contributed by atoms with Gasteiger partial charge in [0.2, 0.25) is 0 Å². The topological polar surface area (TPSA) is 60.7 Å². The quantitative estimate of drug-likeness (QED) is 0.651. The molecule has 0 aromatic carbocycles. The zero-order valence-electron chi connectivity index (χ0n) is 14.2. The minimum atomic E-state index is -0.700. The highest BCUT2D eigenvalue weighted by Crippen LogP contribution is 2.77. The Hall–Kier alpha value is -0.380. The smallest absolute Gasteiger partial charge is 0.0695 e. The Morgan fingerprint density at radius 2 is 1.83 bits per heavy atom. The van der Waals surface area contributed by atoms with Gasteiger partial charge in [0.05, 0.1) is 18.3 Å². The van der Waals surface area contributed by atoms with Crippen LogP contribution in [0, 0.1) is 34.0 Å². The maximum absolute atomic E-state index is 11.7. The third-order valence-corrected chi connectivity index (χ3v) is 8.99. The van der Waals surface area contributed by atoms with Crippen molar-refractivity contribution in [3.8, 4) is 0 Å². The predicted molar refractivity (Wildman–Crippen MR) is 87.6 cm³/mol. The van der Waals surface area contributed by atoms with Crippen molar-refractivity contribution in [3.63, 3.8) is 0 Å². The van der Waals surface area contributed by atoms with E-state index in [1.807, 2.05) is 0 Å². The molecule has 0 saturated heterocycles. The standard InChI is InChI=1S/C20H30O3/c1-17-8-13-4-5-14(17)16(22)20(12-21)15(19(23,9-13)11-17)10-18(20)6-2-3-7-18/h4-5,13-16,21-23H,2-3,6-12H2,1H3/t13-,14-,15-,16+,17+,19+,20-/m0/s1. The van der Waals surface area contributed by atoms with Crippen molar-refractivity contribution in [1.29, 1.82) is 0 Å². The summed E-state index contributed by atoms with van der Waals surface area (Å²) in [5, 5.41) is 33.7. The molecule has 3 bridgehead atoms. The highest BCUT2D eigenvalue weighted by Gasteiger charge is 2.77. The largest absolute Gasteiger partial charge is 0.396 e. The van der Waals surface area contributed by atoms with Gasteiger partial charge in [-0.3, -0.25) is 0 Å². The van der Waals surface area contributed by atoms with Crippen molar-refractivity contribution in [2.45, 2.75) is 70.0 Å². The van der Waals surface area contributed by atoms with Gasteiger partial charge in [0.25, 0.3) is 0 Å². The molecule has 0 amide bonds. The number of hydrogen-bond donors (Lipinski definition) is 3. The highest BCUT2D eigenvalue weighted by molar-refractivity contribution is 5.29. The summed E-state index contributed by atoms with van der Waals surface area (Å²) in [6, 6.07) is 0. The van der Waals surface area contributed by atoms with E-state index in [1.165, 1.54) is 12.8 Å². The summed E-state index contributed by atoms with van der Waals surface area (Å²) in [6.45, 7) is 2.30. The average Bonchev–Trinajstić information content (AvgIpc) is 2.95. The summed E-state index contributed by atoms with van der Waals surface area (Å²) in [5.74, 6) is 0.595. The van der Waals surface area contributed by atoms with Crippen LogP contribution in [0.1, 0.15) is 58.3 Å². The number of fused-ring (bicyclic) bond motifs is 5. The van der Waals surface area contributed by atoms with Gasteiger partial charge in [-0.05, 0) is 61.2 Å². The average molecular weight is 318 g/mol. The van der Waals surface area contributed by atoms with E-state index in [-0.39, 0.29) is 29.3 Å². The van der Waals surface area contributed by atoms with Crippen molar-refractivity contribution < 1.29 is 15.3 Å². The van der Waals surface area contributed by atoms with Crippen molar-refractivity contribution >= 4 is 0 Å². The molecule has 5 rings (SSSR count). The van der Waals surface area contributed by atoms with Gasteiger partial charge in [-0.25, -0.2) is 0 Å². The summed E-state index contributed by atoms with van der Waals surface area (Å²) < 4.78 is 0. The van der Waals surface area contributed by atoms with Crippen LogP contribution in [0.4, 0.5) is 0 Å². The Labute approximate surface area is 138 Å². The van der Waals surface area contributed by atoms with Crippen LogP contribution in [-0.4, -0.2) is 33.6 Å². The molecule has 1 spiro atoms. The monoisotopic (exact) mass is 318 g/mol. The van der Waals surface area contributed by atoms with E-state index in [9.17, 15) is 15.3 Å². The fourth-order valence-corrected chi connectivity index (χ4v) is 8.22. The second kappa shape index (κ2) is 4.23. The molecule has 3 nitrogen and oxygen atoms in total. The highest BCUT2D eigenvalue weighted by atomic mass is 16.3. The maximum atomic E-state index is 11.7. The van der Waals surface area contributed by atoms with Crippen LogP contribution >= 0.6 is 0 Å². The minimum absolute atomic E-state index is 0.0227. The number of aliphatic hydroxyl groups is 3. The molecular weight excluding hydrogens is 288 g/mol. The first kappa shape index (κ1) is 14.9. The third-order valence-electron chi connectivity index (χ3n) is 8.99. The number of rotatable bonds is 1. The van der Waals surface area contributed by atoms with E-state index in [2.05, 4.69) is 19.1 Å². The molecule has 3 N–H and O–H groups in total. The lowest BCUT2D eigenvalue weighted by atomic mass is 9.37. The lowest BCUT2D eigenvalue weighted by Gasteiger charge is -2.68. The Bertz CT molecular complexity index is 565. The normalized spacial score (nSPS) is 58.8. The molecule has 0 radical (unpaired) electrons. The zero-order valence-corrected chi connectivity index (χ0v) is 14.2. The number of aliphatic hydroxyl groups excluding tert-OH is 2. The molecule has 4 saturated carbocycles. The van der Waals surface area contributed by atoms with Crippen LogP contribution in [0.15, 0.2) is 12.2 Å². The number of allylic oxidation sites excluding steroid dienone is 1. The minimum Gasteiger partial charge on any atom is -0.396 e. The van der Waals surface area contributed by atoms with Crippen molar-refractivity contribution in [3.05, 3.63) is 12.2 Å². The van der Waals surface area contributed by atoms with E-state index in [0.29, 0.717) is 5.92 Å². The summed E-state index contributed by atoms with van der Waals surface area (Å²) in [7, 11) is 0. The van der Waals surface area contributed by atoms with Gasteiger partial charge in [0.15, 0.2) is 0 Å². The second-order valence-electron chi connectivity index (χ2n) is 9.90. The van der Waals surface area contributed by atoms with Crippen molar-refractivity contribution in [1.82, 2.24) is 0 Å². The fraction of sp³-hybridized carbons (Fsp3) is 0.900. The first-order valence-corrected chi connectivity index (χ1v) is 9.59. The Morgan fingerprint density at radius 3 is 2.52 bits per heavy atom. The summed E-state index contributed by atoms with van der Waals surface area (Å²) in [4.78, 5) is 0. The Morgan fingerprint density at radius 1 is 1.09 bits per heavy atom. The lowest BCUT2D eigenvalue weighted by molar-refractivity contribution is -0.276. The predicted octanol–water partition coefficient (Wildman–Crippen LogP) is 2.64. The van der Waals surface area contributed by atoms with Gasteiger partial charge in [-0.1, -0.05) is 31.9 Å². The molecule has 23 heavy (non-hydrogen) atoms. The molecule has 3 heteroatoms. The van der Waals surface area contributed by atoms with Crippen LogP contribution in [0.5, 0.6) is 0 Å². The fourth-order valence-electron chi connectivity index (χ4n) is 8.22. The molecule has 0 unspecified atom stereocenters. The number of hydrogen-bond acceptors (Lipinski definition) is 3. The van der Waals surface area contributed by atoms with E-state index >= 15 is 0 Å². The van der Waals surface area contributed by atoms with Crippen molar-refractivity contribution in [2.75, 3.05) is 6.61 Å². The second-order valence-corrected chi connectivity index (χ2v) is 9.90. The van der Waals surface area contributed by atoms with Crippen LogP contribution in [0.3, 0.4) is 0 Å². The summed E-state index contributed by atoms with van der Waals surface area (Å²) >= 11 is 0. The van der Waals surface area contributed by atoms with Gasteiger partial charge >= 0.3 is 0 Å². The zero-order chi connectivity index (χ0) is 16.1. The van der Waals surface area contributed by atoms with E-state index in [4.69, 9.17) is 0 Å². The molecule has 0 heterocycles.